The number of hydrogen-bond acceptors (Lipinski definition) is 3. The fourth-order valence-corrected chi connectivity index (χ4v) is 5.48. The molecule has 0 atom stereocenters. The summed E-state index contributed by atoms with van der Waals surface area (Å²) in [5, 5.41) is 3.89. The summed E-state index contributed by atoms with van der Waals surface area (Å²) in [5.74, 6) is -0.483. The van der Waals surface area contributed by atoms with Crippen molar-refractivity contribution in [3.05, 3.63) is 93.6 Å². The van der Waals surface area contributed by atoms with Crippen LogP contribution in [0.15, 0.2) is 71.8 Å². The van der Waals surface area contributed by atoms with Crippen LogP contribution in [-0.2, 0) is 16.4 Å². The van der Waals surface area contributed by atoms with Gasteiger partial charge in [0.15, 0.2) is 0 Å². The molecule has 0 fully saturated rings. The third kappa shape index (κ3) is 5.16. The minimum Gasteiger partial charge on any atom is -0.361 e. The number of hydrogen-bond donors (Lipinski definition) is 3. The molecule has 0 radical (unpaired) electrons. The molecule has 0 aliphatic heterocycles. The van der Waals surface area contributed by atoms with Crippen LogP contribution in [0.5, 0.6) is 0 Å². The number of benzene rings is 3. The zero-order valence-corrected chi connectivity index (χ0v) is 20.0. The number of carbonyl (C=O) groups excluding carboxylic acids is 1. The minimum absolute atomic E-state index is 0.0320. The third-order valence-corrected chi connectivity index (χ3v) is 7.34. The zero-order chi connectivity index (χ0) is 23.6. The zero-order valence-electron chi connectivity index (χ0n) is 17.7. The van der Waals surface area contributed by atoms with Crippen molar-refractivity contribution in [2.24, 2.45) is 0 Å². The Morgan fingerprint density at radius 2 is 1.79 bits per heavy atom. The van der Waals surface area contributed by atoms with Crippen molar-refractivity contribution in [3.63, 3.8) is 0 Å². The topological polar surface area (TPSA) is 91.1 Å². The van der Waals surface area contributed by atoms with E-state index in [1.54, 1.807) is 18.2 Å². The van der Waals surface area contributed by atoms with Crippen LogP contribution in [0.4, 0.5) is 5.69 Å². The van der Waals surface area contributed by atoms with E-state index in [1.165, 1.54) is 12.1 Å². The van der Waals surface area contributed by atoms with E-state index in [-0.39, 0.29) is 20.5 Å². The number of fused-ring (bicyclic) bond motifs is 1. The van der Waals surface area contributed by atoms with Crippen molar-refractivity contribution >= 4 is 55.7 Å². The number of halogens is 2. The van der Waals surface area contributed by atoms with Crippen LogP contribution in [-0.4, -0.2) is 25.9 Å². The maximum atomic E-state index is 12.9. The molecule has 4 rings (SSSR count). The first-order valence-electron chi connectivity index (χ1n) is 10.2. The number of para-hydroxylation sites is 1. The highest BCUT2D eigenvalue weighted by Crippen LogP contribution is 2.30. The Bertz CT molecular complexity index is 1450. The van der Waals surface area contributed by atoms with E-state index in [0.29, 0.717) is 18.7 Å². The Balaban J connectivity index is 1.51. The second-order valence-electron chi connectivity index (χ2n) is 7.60. The maximum absolute atomic E-state index is 12.9. The van der Waals surface area contributed by atoms with E-state index in [4.69, 9.17) is 23.2 Å². The fraction of sp³-hybridized carbons (Fsp3) is 0.125. The molecule has 3 aromatic carbocycles. The molecule has 0 aliphatic carbocycles. The number of sulfonamides is 1. The summed E-state index contributed by atoms with van der Waals surface area (Å²) in [6, 6.07) is 17.3. The monoisotopic (exact) mass is 501 g/mol. The maximum Gasteiger partial charge on any atom is 0.263 e. The Morgan fingerprint density at radius 1 is 1.00 bits per heavy atom. The van der Waals surface area contributed by atoms with Crippen molar-refractivity contribution in [1.29, 1.82) is 0 Å². The Hall–Kier alpha value is -3.00. The summed E-state index contributed by atoms with van der Waals surface area (Å²) in [5.41, 5.74) is 3.41. The average Bonchev–Trinajstić information content (AvgIpc) is 3.16. The lowest BCUT2D eigenvalue weighted by Gasteiger charge is -2.13. The molecule has 1 aromatic heterocycles. The molecule has 4 aromatic rings. The normalized spacial score (nSPS) is 11.5. The first-order valence-corrected chi connectivity index (χ1v) is 12.4. The van der Waals surface area contributed by atoms with Gasteiger partial charge in [-0.25, -0.2) is 8.42 Å². The van der Waals surface area contributed by atoms with E-state index in [0.717, 1.165) is 22.0 Å². The van der Waals surface area contributed by atoms with Crippen molar-refractivity contribution in [2.45, 2.75) is 18.2 Å². The molecule has 3 N–H and O–H groups in total. The van der Waals surface area contributed by atoms with Crippen LogP contribution in [0.25, 0.3) is 10.9 Å². The molecule has 0 spiro atoms. The number of aryl methyl sites for hydroxylation is 1. The summed E-state index contributed by atoms with van der Waals surface area (Å²) in [7, 11) is -4.04. The Morgan fingerprint density at radius 3 is 2.58 bits per heavy atom. The van der Waals surface area contributed by atoms with Crippen LogP contribution >= 0.6 is 23.2 Å². The highest BCUT2D eigenvalue weighted by atomic mass is 35.5. The standard InChI is InChI=1S/C24H21Cl2N3O3S/c1-15-5-4-6-17(11-15)29-33(31,32)23-12-19(20(25)13-21(23)26)24(30)27-10-9-16-14-28-22-8-3-2-7-18(16)22/h2-8,11-14,28-29H,9-10H2,1H3,(H,27,30). The van der Waals surface area contributed by atoms with Gasteiger partial charge in [-0.05, 0) is 54.8 Å². The molecule has 9 heteroatoms. The molecule has 6 nitrogen and oxygen atoms in total. The van der Waals surface area contributed by atoms with Crippen molar-refractivity contribution in [3.8, 4) is 0 Å². The number of nitrogens with one attached hydrogen (secondary N) is 3. The molecule has 0 bridgehead atoms. The lowest BCUT2D eigenvalue weighted by Crippen LogP contribution is -2.26. The number of rotatable bonds is 7. The second-order valence-corrected chi connectivity index (χ2v) is 10.1. The Kier molecular flexibility index (Phi) is 6.65. The fourth-order valence-electron chi connectivity index (χ4n) is 3.57. The van der Waals surface area contributed by atoms with E-state index >= 15 is 0 Å². The molecule has 170 valence electrons. The number of carbonyl (C=O) groups is 1. The molecule has 1 heterocycles. The summed E-state index contributed by atoms with van der Waals surface area (Å²) in [6.45, 7) is 2.20. The minimum atomic E-state index is -4.04. The van der Waals surface area contributed by atoms with Crippen molar-refractivity contribution in [1.82, 2.24) is 10.3 Å². The van der Waals surface area contributed by atoms with Gasteiger partial charge in [0.25, 0.3) is 15.9 Å². The van der Waals surface area contributed by atoms with E-state index < -0.39 is 15.9 Å². The lowest BCUT2D eigenvalue weighted by molar-refractivity contribution is 0.0954. The Labute approximate surface area is 202 Å². The molecule has 33 heavy (non-hydrogen) atoms. The van der Waals surface area contributed by atoms with Crippen LogP contribution in [0, 0.1) is 6.92 Å². The molecular weight excluding hydrogens is 481 g/mol. The van der Waals surface area contributed by atoms with Gasteiger partial charge in [0.05, 0.1) is 15.6 Å². The highest BCUT2D eigenvalue weighted by molar-refractivity contribution is 7.92. The number of amides is 1. The summed E-state index contributed by atoms with van der Waals surface area (Å²) < 4.78 is 28.4. The van der Waals surface area contributed by atoms with Crippen LogP contribution < -0.4 is 10.0 Å². The number of aromatic amines is 1. The van der Waals surface area contributed by atoms with E-state index in [9.17, 15) is 13.2 Å². The smallest absolute Gasteiger partial charge is 0.263 e. The van der Waals surface area contributed by atoms with Gasteiger partial charge in [0, 0.05) is 29.3 Å². The van der Waals surface area contributed by atoms with Crippen LogP contribution in [0.3, 0.4) is 0 Å². The van der Waals surface area contributed by atoms with Gasteiger partial charge in [0.2, 0.25) is 0 Å². The number of anilines is 1. The highest BCUT2D eigenvalue weighted by Gasteiger charge is 2.23. The predicted octanol–water partition coefficient (Wildman–Crippen LogP) is 5.56. The first kappa shape index (κ1) is 23.2. The van der Waals surface area contributed by atoms with Gasteiger partial charge in [-0.15, -0.1) is 0 Å². The second kappa shape index (κ2) is 9.47. The molecular formula is C24H21Cl2N3O3S. The van der Waals surface area contributed by atoms with Crippen molar-refractivity contribution < 1.29 is 13.2 Å². The number of aromatic nitrogens is 1. The van der Waals surface area contributed by atoms with E-state index in [2.05, 4.69) is 15.0 Å². The lowest BCUT2D eigenvalue weighted by atomic mass is 10.1. The van der Waals surface area contributed by atoms with Crippen molar-refractivity contribution in [2.75, 3.05) is 11.3 Å². The van der Waals surface area contributed by atoms with Crippen LogP contribution in [0.2, 0.25) is 10.0 Å². The van der Waals surface area contributed by atoms with Gasteiger partial charge >= 0.3 is 0 Å². The SMILES string of the molecule is Cc1cccc(NS(=O)(=O)c2cc(C(=O)NCCc3c[nH]c4ccccc34)c(Cl)cc2Cl)c1. The van der Waals surface area contributed by atoms with Gasteiger partial charge in [-0.1, -0.05) is 53.5 Å². The molecule has 1 amide bonds. The van der Waals surface area contributed by atoms with E-state index in [1.807, 2.05) is 43.5 Å². The van der Waals surface area contributed by atoms with Gasteiger partial charge in [0.1, 0.15) is 4.90 Å². The van der Waals surface area contributed by atoms with Gasteiger partial charge < -0.3 is 10.3 Å². The molecule has 0 saturated heterocycles. The molecule has 0 aliphatic rings. The summed E-state index contributed by atoms with van der Waals surface area (Å²) in [6.07, 6.45) is 2.51. The first-order chi connectivity index (χ1) is 15.7. The largest absolute Gasteiger partial charge is 0.361 e. The third-order valence-electron chi connectivity index (χ3n) is 5.18. The average molecular weight is 502 g/mol. The van der Waals surface area contributed by atoms with Crippen LogP contribution in [0.1, 0.15) is 21.5 Å². The summed E-state index contributed by atoms with van der Waals surface area (Å²) >= 11 is 12.4. The molecule has 0 unspecified atom stereocenters. The van der Waals surface area contributed by atoms with Gasteiger partial charge in [-0.2, -0.15) is 0 Å². The summed E-state index contributed by atoms with van der Waals surface area (Å²) in [4.78, 5) is 15.8. The predicted molar refractivity (Wildman–Crippen MR) is 133 cm³/mol. The quantitative estimate of drug-likeness (QED) is 0.309. The van der Waals surface area contributed by atoms with Gasteiger partial charge in [-0.3, -0.25) is 9.52 Å². The number of H-pyrrole nitrogens is 1. The molecule has 0 saturated carbocycles.